The van der Waals surface area contributed by atoms with Gasteiger partial charge < -0.3 is 15.8 Å². The van der Waals surface area contributed by atoms with Gasteiger partial charge >= 0.3 is 0 Å². The topological polar surface area (TPSA) is 101 Å². The second-order valence-electron chi connectivity index (χ2n) is 6.28. The van der Waals surface area contributed by atoms with Crippen LogP contribution in [-0.4, -0.2) is 29.9 Å². The molecule has 0 atom stereocenters. The van der Waals surface area contributed by atoms with Crippen LogP contribution in [-0.2, 0) is 0 Å². The average Bonchev–Trinajstić information content (AvgIpc) is 2.76. The molecule has 4 N–H and O–H groups in total. The number of nitrogens with two attached hydrogens (primary N) is 1. The van der Waals surface area contributed by atoms with Crippen molar-refractivity contribution in [3.63, 3.8) is 0 Å². The van der Waals surface area contributed by atoms with E-state index in [-0.39, 0.29) is 11.7 Å². The van der Waals surface area contributed by atoms with Crippen LogP contribution < -0.4 is 15.8 Å². The summed E-state index contributed by atoms with van der Waals surface area (Å²) in [6.45, 7) is 0.687. The van der Waals surface area contributed by atoms with E-state index in [0.717, 1.165) is 11.1 Å². The molecule has 0 unspecified atom stereocenters. The summed E-state index contributed by atoms with van der Waals surface area (Å²) in [6, 6.07) is 18.2. The number of amides is 1. The Morgan fingerprint density at radius 1 is 1.00 bits per heavy atom. The van der Waals surface area contributed by atoms with E-state index in [9.17, 15) is 4.79 Å². The van der Waals surface area contributed by atoms with Crippen molar-refractivity contribution in [2.45, 2.75) is 0 Å². The molecule has 6 heteroatoms. The standard InChI is InChI=1S/C23H22N4O2/c24-22(25)20-2-1-3-21(16-20)29-15-14-27-23(28)19-8-6-17(7-9-19)4-5-18-10-12-26-13-11-18/h1-13,16H,14-15H2,(H3,24,25)(H,27,28). The van der Waals surface area contributed by atoms with Crippen molar-refractivity contribution in [1.82, 2.24) is 10.3 Å². The lowest BCUT2D eigenvalue weighted by molar-refractivity contribution is 0.0947. The summed E-state index contributed by atoms with van der Waals surface area (Å²) in [5, 5.41) is 10.3. The van der Waals surface area contributed by atoms with Crippen LogP contribution in [0.5, 0.6) is 5.75 Å². The Kier molecular flexibility index (Phi) is 6.73. The van der Waals surface area contributed by atoms with Crippen LogP contribution in [0.2, 0.25) is 0 Å². The maximum atomic E-state index is 12.3. The number of aromatic nitrogens is 1. The van der Waals surface area contributed by atoms with Crippen molar-refractivity contribution in [3.05, 3.63) is 95.3 Å². The summed E-state index contributed by atoms with van der Waals surface area (Å²) in [4.78, 5) is 16.2. The van der Waals surface area contributed by atoms with E-state index in [1.807, 2.05) is 36.4 Å². The lowest BCUT2D eigenvalue weighted by atomic mass is 10.1. The number of nitrogen functional groups attached to an aromatic ring is 1. The van der Waals surface area contributed by atoms with Crippen LogP contribution in [0.3, 0.4) is 0 Å². The van der Waals surface area contributed by atoms with Gasteiger partial charge in [-0.2, -0.15) is 0 Å². The van der Waals surface area contributed by atoms with Crippen molar-refractivity contribution < 1.29 is 9.53 Å². The molecule has 0 bridgehead atoms. The minimum Gasteiger partial charge on any atom is -0.492 e. The molecule has 0 spiro atoms. The maximum Gasteiger partial charge on any atom is 0.251 e. The van der Waals surface area contributed by atoms with E-state index >= 15 is 0 Å². The van der Waals surface area contributed by atoms with Crippen molar-refractivity contribution in [2.75, 3.05) is 13.2 Å². The number of carbonyl (C=O) groups is 1. The highest BCUT2D eigenvalue weighted by atomic mass is 16.5. The van der Waals surface area contributed by atoms with Crippen molar-refractivity contribution in [3.8, 4) is 5.75 Å². The number of amidine groups is 1. The van der Waals surface area contributed by atoms with Gasteiger partial charge in [0.05, 0.1) is 6.54 Å². The van der Waals surface area contributed by atoms with E-state index in [1.165, 1.54) is 0 Å². The monoisotopic (exact) mass is 386 g/mol. The van der Waals surface area contributed by atoms with Gasteiger partial charge in [-0.05, 0) is 47.5 Å². The lowest BCUT2D eigenvalue weighted by Gasteiger charge is -2.09. The highest BCUT2D eigenvalue weighted by molar-refractivity contribution is 5.95. The predicted octanol–water partition coefficient (Wildman–Crippen LogP) is 3.34. The van der Waals surface area contributed by atoms with Gasteiger partial charge in [-0.15, -0.1) is 0 Å². The molecule has 0 saturated carbocycles. The molecule has 29 heavy (non-hydrogen) atoms. The van der Waals surface area contributed by atoms with Gasteiger partial charge in [-0.1, -0.05) is 36.4 Å². The Morgan fingerprint density at radius 2 is 1.69 bits per heavy atom. The molecule has 0 fully saturated rings. The molecule has 0 aliphatic rings. The van der Waals surface area contributed by atoms with Crippen LogP contribution in [0.15, 0.2) is 73.1 Å². The van der Waals surface area contributed by atoms with Gasteiger partial charge in [0.1, 0.15) is 18.2 Å². The number of benzene rings is 2. The van der Waals surface area contributed by atoms with Gasteiger partial charge in [-0.25, -0.2) is 0 Å². The molecule has 2 aromatic carbocycles. The number of nitrogens with one attached hydrogen (secondary N) is 2. The number of hydrogen-bond donors (Lipinski definition) is 3. The number of rotatable bonds is 8. The van der Waals surface area contributed by atoms with Gasteiger partial charge in [-0.3, -0.25) is 15.2 Å². The lowest BCUT2D eigenvalue weighted by Crippen LogP contribution is -2.28. The minimum atomic E-state index is -0.157. The fourth-order valence-corrected chi connectivity index (χ4v) is 2.60. The molecule has 0 radical (unpaired) electrons. The first-order valence-electron chi connectivity index (χ1n) is 9.15. The largest absolute Gasteiger partial charge is 0.492 e. The first-order chi connectivity index (χ1) is 14.1. The van der Waals surface area contributed by atoms with Gasteiger partial charge in [0.15, 0.2) is 0 Å². The number of hydrogen-bond acceptors (Lipinski definition) is 4. The second-order valence-corrected chi connectivity index (χ2v) is 6.28. The third kappa shape index (κ3) is 6.04. The van der Waals surface area contributed by atoms with Crippen LogP contribution >= 0.6 is 0 Å². The molecule has 1 amide bonds. The zero-order chi connectivity index (χ0) is 20.5. The normalized spacial score (nSPS) is 10.6. The Bertz CT molecular complexity index is 999. The van der Waals surface area contributed by atoms with Crippen molar-refractivity contribution in [2.24, 2.45) is 5.73 Å². The third-order valence-corrected chi connectivity index (χ3v) is 4.15. The molecule has 146 valence electrons. The van der Waals surface area contributed by atoms with Crippen LogP contribution in [0.4, 0.5) is 0 Å². The molecule has 1 aromatic heterocycles. The number of carbonyl (C=O) groups excluding carboxylic acids is 1. The van der Waals surface area contributed by atoms with Crippen LogP contribution in [0.25, 0.3) is 12.2 Å². The summed E-state index contributed by atoms with van der Waals surface area (Å²) < 4.78 is 5.60. The fraction of sp³-hybridized carbons (Fsp3) is 0.0870. The van der Waals surface area contributed by atoms with E-state index in [4.69, 9.17) is 15.9 Å². The molecule has 0 aliphatic heterocycles. The molecule has 6 nitrogen and oxygen atoms in total. The zero-order valence-electron chi connectivity index (χ0n) is 15.8. The summed E-state index contributed by atoms with van der Waals surface area (Å²) in [7, 11) is 0. The SMILES string of the molecule is N=C(N)c1cccc(OCCNC(=O)c2ccc(C=Cc3ccncc3)cc2)c1. The van der Waals surface area contributed by atoms with Gasteiger partial charge in [0.2, 0.25) is 0 Å². The first-order valence-corrected chi connectivity index (χ1v) is 9.15. The zero-order valence-corrected chi connectivity index (χ0v) is 15.8. The highest BCUT2D eigenvalue weighted by Crippen LogP contribution is 2.13. The summed E-state index contributed by atoms with van der Waals surface area (Å²) >= 11 is 0. The number of pyridine rings is 1. The van der Waals surface area contributed by atoms with Gasteiger partial charge in [0, 0.05) is 23.5 Å². The Balaban J connectivity index is 1.46. The average molecular weight is 386 g/mol. The number of nitrogens with zero attached hydrogens (tertiary/aromatic N) is 1. The smallest absolute Gasteiger partial charge is 0.251 e. The summed E-state index contributed by atoms with van der Waals surface area (Å²) in [5.74, 6) is 0.441. The maximum absolute atomic E-state index is 12.3. The van der Waals surface area contributed by atoms with Crippen LogP contribution in [0, 0.1) is 5.41 Å². The van der Waals surface area contributed by atoms with Crippen molar-refractivity contribution >= 4 is 23.9 Å². The van der Waals surface area contributed by atoms with E-state index in [2.05, 4.69) is 10.3 Å². The Morgan fingerprint density at radius 3 is 2.38 bits per heavy atom. The molecule has 0 saturated heterocycles. The predicted molar refractivity (Wildman–Crippen MR) is 115 cm³/mol. The Hall–Kier alpha value is -3.93. The fourth-order valence-electron chi connectivity index (χ4n) is 2.60. The van der Waals surface area contributed by atoms with E-state index in [0.29, 0.717) is 30.0 Å². The molecule has 0 aliphatic carbocycles. The molecule has 1 heterocycles. The molecular weight excluding hydrogens is 364 g/mol. The van der Waals surface area contributed by atoms with Gasteiger partial charge in [0.25, 0.3) is 5.91 Å². The number of ether oxygens (including phenoxy) is 1. The van der Waals surface area contributed by atoms with E-state index in [1.54, 1.807) is 48.8 Å². The highest BCUT2D eigenvalue weighted by Gasteiger charge is 2.05. The third-order valence-electron chi connectivity index (χ3n) is 4.15. The minimum absolute atomic E-state index is 0.0113. The Labute approximate surface area is 169 Å². The molecule has 3 aromatic rings. The van der Waals surface area contributed by atoms with Crippen molar-refractivity contribution in [1.29, 1.82) is 5.41 Å². The quantitative estimate of drug-likeness (QED) is 0.314. The summed E-state index contributed by atoms with van der Waals surface area (Å²) in [5.41, 5.74) is 8.73. The van der Waals surface area contributed by atoms with E-state index < -0.39 is 0 Å². The molecular formula is C23H22N4O2. The van der Waals surface area contributed by atoms with Crippen LogP contribution in [0.1, 0.15) is 27.0 Å². The molecule has 3 rings (SSSR count). The first kappa shape index (κ1) is 19.8. The summed E-state index contributed by atoms with van der Waals surface area (Å²) in [6.07, 6.45) is 7.48. The second kappa shape index (κ2) is 9.85.